The van der Waals surface area contributed by atoms with E-state index >= 15 is 0 Å². The van der Waals surface area contributed by atoms with Crippen molar-refractivity contribution in [1.82, 2.24) is 0 Å². The van der Waals surface area contributed by atoms with Gasteiger partial charge in [0.05, 0.1) is 20.2 Å². The predicted octanol–water partition coefficient (Wildman–Crippen LogP) is 3.99. The maximum Gasteiger partial charge on any atom is 0.446 e. The third kappa shape index (κ3) is 9.30. The van der Waals surface area contributed by atoms with Crippen LogP contribution >= 0.6 is 0 Å². The lowest BCUT2D eigenvalue weighted by Crippen LogP contribution is -2.54. The van der Waals surface area contributed by atoms with Gasteiger partial charge in [0, 0.05) is 0 Å². The van der Waals surface area contributed by atoms with Gasteiger partial charge in [-0.05, 0) is 50.7 Å². The smallest absolute Gasteiger partial charge is 0.446 e. The van der Waals surface area contributed by atoms with E-state index in [1.165, 1.54) is 43.9 Å². The number of hydrogen-bond donors (Lipinski definition) is 0. The molecule has 0 amide bonds. The first-order valence-electron chi connectivity index (χ1n) is 9.76. The Balaban J connectivity index is 0.000000612. The molecule has 0 bridgehead atoms. The quantitative estimate of drug-likeness (QED) is 0.398. The van der Waals surface area contributed by atoms with Gasteiger partial charge in [-0.25, -0.2) is 4.79 Å². The van der Waals surface area contributed by atoms with E-state index in [9.17, 15) is 18.0 Å². The average molecular weight is 418 g/mol. The number of carbonyl (C=O) groups is 2. The van der Waals surface area contributed by atoms with Crippen LogP contribution < -0.4 is 4.74 Å². The van der Waals surface area contributed by atoms with Crippen LogP contribution in [0, 0.1) is 13.8 Å². The Morgan fingerprint density at radius 1 is 1.10 bits per heavy atom. The maximum atomic E-state index is 11.9. The summed E-state index contributed by atoms with van der Waals surface area (Å²) in [5.74, 6) is 0.873. The lowest BCUT2D eigenvalue weighted by atomic mass is 10.1. The number of halogens is 3. The van der Waals surface area contributed by atoms with Gasteiger partial charge in [-0.1, -0.05) is 18.2 Å². The summed E-state index contributed by atoms with van der Waals surface area (Å²) in [5.41, 5.74) is 2.33. The molecule has 2 rings (SSSR count). The molecule has 164 valence electrons. The summed E-state index contributed by atoms with van der Waals surface area (Å²) in [6, 6.07) is 6.21. The molecule has 0 radical (unpaired) electrons. The highest BCUT2D eigenvalue weighted by Crippen LogP contribution is 2.23. The van der Waals surface area contributed by atoms with E-state index in [0.717, 1.165) is 29.9 Å². The van der Waals surface area contributed by atoms with Crippen molar-refractivity contribution in [2.24, 2.45) is 0 Å². The highest BCUT2D eigenvalue weighted by Gasteiger charge is 2.32. The largest absolute Gasteiger partial charge is 0.487 e. The number of ether oxygens (including phenoxy) is 2. The molecule has 0 aliphatic carbocycles. The van der Waals surface area contributed by atoms with E-state index in [4.69, 9.17) is 14.3 Å². The van der Waals surface area contributed by atoms with Crippen molar-refractivity contribution in [3.63, 3.8) is 0 Å². The summed E-state index contributed by atoms with van der Waals surface area (Å²) in [4.78, 5) is 20.6. The number of methoxy groups -OCH3 is 1. The number of rotatable bonds is 6. The number of alkyl halides is 3. The van der Waals surface area contributed by atoms with Crippen LogP contribution in [0.3, 0.4) is 0 Å². The van der Waals surface area contributed by atoms with Crippen LogP contribution in [0.2, 0.25) is 0 Å². The molecule has 5 nitrogen and oxygen atoms in total. The minimum absolute atomic E-state index is 0.112. The molecule has 0 spiro atoms. The van der Waals surface area contributed by atoms with Gasteiger partial charge in [-0.2, -0.15) is 13.2 Å². The molecule has 1 aliphatic heterocycles. The minimum Gasteiger partial charge on any atom is -0.487 e. The maximum absolute atomic E-state index is 11.9. The lowest BCUT2D eigenvalue weighted by Gasteiger charge is -2.36. The molecule has 8 heteroatoms. The lowest BCUT2D eigenvalue weighted by molar-refractivity contribution is -0.920. The second-order valence-electron chi connectivity index (χ2n) is 7.39. The second kappa shape index (κ2) is 11.8. The monoisotopic (exact) mass is 418 g/mol. The summed E-state index contributed by atoms with van der Waals surface area (Å²) in [7, 11) is 1.48. The molecule has 0 aromatic heterocycles. The van der Waals surface area contributed by atoms with Crippen molar-refractivity contribution in [2.75, 3.05) is 39.9 Å². The molecule has 29 heavy (non-hydrogen) atoms. The van der Waals surface area contributed by atoms with E-state index in [-0.39, 0.29) is 5.97 Å². The fourth-order valence-electron chi connectivity index (χ4n) is 3.53. The Bertz CT molecular complexity index is 634. The molecule has 1 heterocycles. The number of hydrogen-bond acceptors (Lipinski definition) is 4. The van der Waals surface area contributed by atoms with Crippen molar-refractivity contribution < 1.29 is 36.7 Å². The van der Waals surface area contributed by atoms with Crippen molar-refractivity contribution in [3.05, 3.63) is 29.3 Å². The van der Waals surface area contributed by atoms with Crippen molar-refractivity contribution in [2.45, 2.75) is 45.7 Å². The minimum atomic E-state index is -4.64. The van der Waals surface area contributed by atoms with E-state index in [2.05, 4.69) is 32.0 Å². The first-order valence-corrected chi connectivity index (χ1v) is 9.76. The zero-order valence-electron chi connectivity index (χ0n) is 17.4. The van der Waals surface area contributed by atoms with Crippen LogP contribution in [-0.2, 0) is 14.3 Å². The first kappa shape index (κ1) is 24.9. The number of likely N-dealkylation sites (tertiary alicyclic amines) is 1. The number of para-hydroxylation sites is 1. The van der Waals surface area contributed by atoms with Crippen LogP contribution in [0.1, 0.15) is 36.8 Å². The van der Waals surface area contributed by atoms with Crippen LogP contribution in [-0.4, -0.2) is 62.8 Å². The third-order valence-electron chi connectivity index (χ3n) is 5.06. The fraction of sp³-hybridized carbons (Fsp3) is 0.619. The van der Waals surface area contributed by atoms with Gasteiger partial charge in [-0.15, -0.1) is 0 Å². The van der Waals surface area contributed by atoms with Crippen LogP contribution in [0.4, 0.5) is 13.2 Å². The van der Waals surface area contributed by atoms with E-state index in [1.54, 1.807) is 0 Å². The summed E-state index contributed by atoms with van der Waals surface area (Å²) in [6.07, 6.45) is -0.814. The molecule has 1 fully saturated rings. The van der Waals surface area contributed by atoms with Gasteiger partial charge < -0.3 is 14.0 Å². The van der Waals surface area contributed by atoms with Crippen LogP contribution in [0.15, 0.2) is 18.2 Å². The Morgan fingerprint density at radius 3 is 2.07 bits per heavy atom. The summed E-state index contributed by atoms with van der Waals surface area (Å²) < 4.78 is 43.1. The zero-order chi connectivity index (χ0) is 21.9. The molecule has 1 saturated heterocycles. The van der Waals surface area contributed by atoms with Crippen LogP contribution in [0.5, 0.6) is 5.75 Å². The first-order chi connectivity index (χ1) is 13.6. The number of quaternary nitrogens is 1. The molecule has 1 aromatic rings. The average Bonchev–Trinajstić information content (AvgIpc) is 2.90. The Morgan fingerprint density at radius 2 is 1.62 bits per heavy atom. The summed E-state index contributed by atoms with van der Waals surface area (Å²) in [6.45, 7) is 8.22. The molecule has 0 saturated carbocycles. The molecule has 0 atom stereocenters. The van der Waals surface area contributed by atoms with E-state index in [1.807, 2.05) is 0 Å². The molecular weight excluding hydrogens is 387 g/mol. The van der Waals surface area contributed by atoms with Gasteiger partial charge in [-0.3, -0.25) is 4.79 Å². The Labute approximate surface area is 170 Å². The zero-order valence-corrected chi connectivity index (χ0v) is 17.4. The highest BCUT2D eigenvalue weighted by atomic mass is 19.4. The van der Waals surface area contributed by atoms with Crippen molar-refractivity contribution >= 4 is 12.3 Å². The topological polar surface area (TPSA) is 52.6 Å². The second-order valence-corrected chi connectivity index (χ2v) is 7.39. The van der Waals surface area contributed by atoms with Crippen LogP contribution in [0.25, 0.3) is 0 Å². The van der Waals surface area contributed by atoms with Gasteiger partial charge in [0.25, 0.3) is 0 Å². The summed E-state index contributed by atoms with van der Waals surface area (Å²) >= 11 is 0. The SMILES string of the molecule is COC(=O)C[N+]1(CCOc2c(C)cccc2C)CCCCCC1.O=CC(F)(F)F. The Kier molecular flexibility index (Phi) is 10.2. The number of aryl methyl sites for hydroxylation is 2. The van der Waals surface area contributed by atoms with Crippen molar-refractivity contribution in [1.29, 1.82) is 0 Å². The van der Waals surface area contributed by atoms with E-state index in [0.29, 0.717) is 13.2 Å². The predicted molar refractivity (Wildman–Crippen MR) is 104 cm³/mol. The number of carbonyl (C=O) groups excluding carboxylic acids is 2. The number of benzene rings is 1. The number of aldehydes is 1. The molecule has 0 N–H and O–H groups in total. The highest BCUT2D eigenvalue weighted by molar-refractivity contribution is 5.70. The van der Waals surface area contributed by atoms with Gasteiger partial charge in [0.1, 0.15) is 18.9 Å². The van der Waals surface area contributed by atoms with E-state index < -0.39 is 12.5 Å². The third-order valence-corrected chi connectivity index (χ3v) is 5.06. The van der Waals surface area contributed by atoms with Crippen molar-refractivity contribution in [3.8, 4) is 5.75 Å². The van der Waals surface area contributed by atoms with Gasteiger partial charge >= 0.3 is 12.1 Å². The Hall–Kier alpha value is -2.09. The standard InChI is InChI=1S/C19H30NO3.C2HF3O/c1-16-9-8-10-17(2)19(16)23-14-13-20(15-18(21)22-3)11-6-4-5-7-12-20;3-2(4,5)1-6/h8-10H,4-7,11-15H2,1-3H3;1H/q+1;. The fourth-order valence-corrected chi connectivity index (χ4v) is 3.53. The molecule has 0 unspecified atom stereocenters. The molecule has 1 aromatic carbocycles. The molecule has 1 aliphatic rings. The number of esters is 1. The number of nitrogens with zero attached hydrogens (tertiary/aromatic N) is 1. The normalized spacial score (nSPS) is 16.1. The van der Waals surface area contributed by atoms with Gasteiger partial charge in [0.2, 0.25) is 6.29 Å². The molecular formula is C21H31F3NO4+. The van der Waals surface area contributed by atoms with Gasteiger partial charge in [0.15, 0.2) is 6.54 Å². The summed E-state index contributed by atoms with van der Waals surface area (Å²) in [5, 5.41) is 0.